The first-order chi connectivity index (χ1) is 9.79. The molecule has 1 aliphatic rings. The van der Waals surface area contributed by atoms with Gasteiger partial charge in [-0.2, -0.15) is 16.4 Å². The number of aromatic nitrogens is 2. The molecular weight excluding hydrogens is 274 g/mol. The van der Waals surface area contributed by atoms with Gasteiger partial charge in [0.15, 0.2) is 0 Å². The van der Waals surface area contributed by atoms with Crippen LogP contribution in [0.3, 0.4) is 0 Å². The monoisotopic (exact) mass is 291 g/mol. The van der Waals surface area contributed by atoms with Gasteiger partial charge in [0.1, 0.15) is 0 Å². The van der Waals surface area contributed by atoms with Crippen LogP contribution in [0.1, 0.15) is 28.5 Å². The largest absolute Gasteiger partial charge is 0.385 e. The molecule has 1 unspecified atom stereocenters. The highest BCUT2D eigenvalue weighted by molar-refractivity contribution is 7.08. The lowest BCUT2D eigenvalue weighted by Crippen LogP contribution is -2.41. The number of hydrogen-bond donors (Lipinski definition) is 0. The summed E-state index contributed by atoms with van der Waals surface area (Å²) in [5.41, 5.74) is 1.86. The van der Waals surface area contributed by atoms with Crippen molar-refractivity contribution in [2.75, 3.05) is 20.3 Å². The van der Waals surface area contributed by atoms with Crippen LogP contribution in [-0.2, 0) is 11.3 Å². The fraction of sp³-hybridized carbons (Fsp3) is 0.429. The van der Waals surface area contributed by atoms with Gasteiger partial charge in [-0.15, -0.1) is 0 Å². The van der Waals surface area contributed by atoms with Crippen LogP contribution in [0.4, 0.5) is 0 Å². The molecule has 0 aliphatic carbocycles. The molecule has 1 amide bonds. The van der Waals surface area contributed by atoms with Crippen molar-refractivity contribution in [2.45, 2.75) is 19.0 Å². The Morgan fingerprint density at radius 2 is 2.45 bits per heavy atom. The number of amides is 1. The molecule has 20 heavy (non-hydrogen) atoms. The molecule has 0 bridgehead atoms. The summed E-state index contributed by atoms with van der Waals surface area (Å²) in [6, 6.07) is 4.05. The molecule has 3 heterocycles. The number of methoxy groups -OCH3 is 1. The topological polar surface area (TPSA) is 47.4 Å². The molecule has 6 heteroatoms. The Morgan fingerprint density at radius 1 is 1.55 bits per heavy atom. The summed E-state index contributed by atoms with van der Waals surface area (Å²) in [4.78, 5) is 14.4. The van der Waals surface area contributed by atoms with E-state index in [9.17, 15) is 4.79 Å². The average molecular weight is 291 g/mol. The van der Waals surface area contributed by atoms with Crippen LogP contribution in [-0.4, -0.2) is 40.8 Å². The second kappa shape index (κ2) is 5.76. The molecule has 1 aliphatic heterocycles. The third kappa shape index (κ3) is 2.48. The van der Waals surface area contributed by atoms with Crippen molar-refractivity contribution in [2.24, 2.45) is 0 Å². The van der Waals surface area contributed by atoms with E-state index in [1.54, 1.807) is 24.6 Å². The summed E-state index contributed by atoms with van der Waals surface area (Å²) in [6.07, 6.45) is 2.66. The molecule has 5 nitrogen and oxygen atoms in total. The van der Waals surface area contributed by atoms with E-state index in [1.165, 1.54) is 0 Å². The van der Waals surface area contributed by atoms with E-state index in [-0.39, 0.29) is 11.9 Å². The number of rotatable bonds is 4. The van der Waals surface area contributed by atoms with Gasteiger partial charge in [0.05, 0.1) is 23.8 Å². The van der Waals surface area contributed by atoms with Crippen molar-refractivity contribution >= 4 is 17.2 Å². The lowest BCUT2D eigenvalue weighted by Gasteiger charge is -2.33. The first-order valence-corrected chi connectivity index (χ1v) is 7.56. The van der Waals surface area contributed by atoms with E-state index in [4.69, 9.17) is 4.74 Å². The first-order valence-electron chi connectivity index (χ1n) is 6.62. The van der Waals surface area contributed by atoms with Crippen LogP contribution < -0.4 is 0 Å². The van der Waals surface area contributed by atoms with Crippen molar-refractivity contribution in [3.05, 3.63) is 40.3 Å². The summed E-state index contributed by atoms with van der Waals surface area (Å²) >= 11 is 1.55. The standard InChI is InChI=1S/C14H17N3O2S/c1-19-6-3-13-9-16(8-12-2-5-15-17(12)13)14(18)11-4-7-20-10-11/h2,4-5,7,10,13H,3,6,8-9H2,1H3. The van der Waals surface area contributed by atoms with Gasteiger partial charge in [-0.05, 0) is 23.9 Å². The number of hydrogen-bond acceptors (Lipinski definition) is 4. The van der Waals surface area contributed by atoms with Crippen molar-refractivity contribution in [1.82, 2.24) is 14.7 Å². The lowest BCUT2D eigenvalue weighted by molar-refractivity contribution is 0.0642. The van der Waals surface area contributed by atoms with Crippen molar-refractivity contribution in [3.8, 4) is 0 Å². The molecule has 0 spiro atoms. The fourth-order valence-electron chi connectivity index (χ4n) is 2.58. The highest BCUT2D eigenvalue weighted by Crippen LogP contribution is 2.24. The maximum absolute atomic E-state index is 12.5. The highest BCUT2D eigenvalue weighted by Gasteiger charge is 2.28. The molecule has 3 rings (SSSR count). The number of thiophene rings is 1. The molecule has 2 aromatic heterocycles. The van der Waals surface area contributed by atoms with Crippen LogP contribution >= 0.6 is 11.3 Å². The quantitative estimate of drug-likeness (QED) is 0.867. The molecular formula is C14H17N3O2S. The van der Waals surface area contributed by atoms with Crippen LogP contribution in [0.15, 0.2) is 29.1 Å². The molecule has 0 N–H and O–H groups in total. The molecule has 0 saturated heterocycles. The predicted molar refractivity (Wildman–Crippen MR) is 76.8 cm³/mol. The third-order valence-electron chi connectivity index (χ3n) is 3.59. The Labute approximate surface area is 121 Å². The maximum Gasteiger partial charge on any atom is 0.255 e. The summed E-state index contributed by atoms with van der Waals surface area (Å²) in [5, 5.41) is 8.21. The zero-order chi connectivity index (χ0) is 13.9. The van der Waals surface area contributed by atoms with Gasteiger partial charge in [-0.3, -0.25) is 9.48 Å². The van der Waals surface area contributed by atoms with E-state index in [1.807, 2.05) is 32.5 Å². The number of nitrogens with zero attached hydrogens (tertiary/aromatic N) is 3. The second-order valence-corrected chi connectivity index (χ2v) is 5.68. The first kappa shape index (κ1) is 13.3. The summed E-state index contributed by atoms with van der Waals surface area (Å²) < 4.78 is 7.19. The molecule has 2 aromatic rings. The minimum atomic E-state index is 0.0983. The summed E-state index contributed by atoms with van der Waals surface area (Å²) in [5.74, 6) is 0.0983. The summed E-state index contributed by atoms with van der Waals surface area (Å²) in [6.45, 7) is 1.98. The lowest BCUT2D eigenvalue weighted by atomic mass is 10.1. The molecule has 0 aromatic carbocycles. The Bertz CT molecular complexity index is 579. The fourth-order valence-corrected chi connectivity index (χ4v) is 3.21. The van der Waals surface area contributed by atoms with Gasteiger partial charge in [-0.1, -0.05) is 0 Å². The van der Waals surface area contributed by atoms with Crippen molar-refractivity contribution in [1.29, 1.82) is 0 Å². The van der Waals surface area contributed by atoms with E-state index >= 15 is 0 Å². The predicted octanol–water partition coefficient (Wildman–Crippen LogP) is 2.18. The molecule has 0 radical (unpaired) electrons. The molecule has 0 saturated carbocycles. The minimum Gasteiger partial charge on any atom is -0.385 e. The molecule has 106 valence electrons. The van der Waals surface area contributed by atoms with Gasteiger partial charge in [0.25, 0.3) is 5.91 Å². The Balaban J connectivity index is 1.80. The average Bonchev–Trinajstić information content (AvgIpc) is 3.14. The Morgan fingerprint density at radius 3 is 3.20 bits per heavy atom. The third-order valence-corrected chi connectivity index (χ3v) is 4.28. The van der Waals surface area contributed by atoms with Gasteiger partial charge < -0.3 is 9.64 Å². The van der Waals surface area contributed by atoms with E-state index in [2.05, 4.69) is 5.10 Å². The number of ether oxygens (including phenoxy) is 1. The van der Waals surface area contributed by atoms with Gasteiger partial charge in [-0.25, -0.2) is 0 Å². The Hall–Kier alpha value is -1.66. The maximum atomic E-state index is 12.5. The second-order valence-electron chi connectivity index (χ2n) is 4.90. The van der Waals surface area contributed by atoms with Crippen molar-refractivity contribution < 1.29 is 9.53 Å². The zero-order valence-corrected chi connectivity index (χ0v) is 12.2. The van der Waals surface area contributed by atoms with Crippen LogP contribution in [0.25, 0.3) is 0 Å². The van der Waals surface area contributed by atoms with Crippen LogP contribution in [0.5, 0.6) is 0 Å². The highest BCUT2D eigenvalue weighted by atomic mass is 32.1. The van der Waals surface area contributed by atoms with E-state index < -0.39 is 0 Å². The minimum absolute atomic E-state index is 0.0983. The summed E-state index contributed by atoms with van der Waals surface area (Å²) in [7, 11) is 1.70. The number of carbonyl (C=O) groups excluding carboxylic acids is 1. The van der Waals surface area contributed by atoms with Crippen LogP contribution in [0.2, 0.25) is 0 Å². The molecule has 1 atom stereocenters. The molecule has 0 fully saturated rings. The van der Waals surface area contributed by atoms with Gasteiger partial charge in [0, 0.05) is 31.8 Å². The van der Waals surface area contributed by atoms with Gasteiger partial charge in [0.2, 0.25) is 0 Å². The Kier molecular flexibility index (Phi) is 3.84. The number of carbonyl (C=O) groups is 1. The van der Waals surface area contributed by atoms with Crippen LogP contribution in [0, 0.1) is 0 Å². The van der Waals surface area contributed by atoms with Gasteiger partial charge >= 0.3 is 0 Å². The SMILES string of the molecule is COCCC1CN(C(=O)c2ccsc2)Cc2ccnn21. The normalized spacial score (nSPS) is 18.1. The smallest absolute Gasteiger partial charge is 0.255 e. The number of fused-ring (bicyclic) bond motifs is 1. The zero-order valence-electron chi connectivity index (χ0n) is 11.4. The van der Waals surface area contributed by atoms with E-state index in [0.717, 1.165) is 17.7 Å². The van der Waals surface area contributed by atoms with E-state index in [0.29, 0.717) is 19.7 Å². The van der Waals surface area contributed by atoms with Crippen molar-refractivity contribution in [3.63, 3.8) is 0 Å².